The first-order valence-corrected chi connectivity index (χ1v) is 8.94. The fraction of sp³-hybridized carbons (Fsp3) is 0.167. The van der Waals surface area contributed by atoms with Crippen molar-refractivity contribution in [1.29, 1.82) is 0 Å². The zero-order valence-corrected chi connectivity index (χ0v) is 14.6. The summed E-state index contributed by atoms with van der Waals surface area (Å²) in [6.07, 6.45) is 4.41. The van der Waals surface area contributed by atoms with Crippen LogP contribution in [0.4, 0.5) is 11.5 Å². The van der Waals surface area contributed by atoms with E-state index in [2.05, 4.69) is 15.5 Å². The first kappa shape index (κ1) is 17.0. The van der Waals surface area contributed by atoms with Gasteiger partial charge in [0.1, 0.15) is 16.6 Å². The summed E-state index contributed by atoms with van der Waals surface area (Å²) in [4.78, 5) is 15.4. The molecule has 0 spiro atoms. The molecule has 0 aliphatic carbocycles. The molecule has 25 heavy (non-hydrogen) atoms. The van der Waals surface area contributed by atoms with Crippen molar-refractivity contribution in [2.45, 2.75) is 18.4 Å². The van der Waals surface area contributed by atoms with E-state index in [1.165, 1.54) is 11.8 Å². The van der Waals surface area contributed by atoms with Crippen LogP contribution in [0, 0.1) is 0 Å². The molecule has 6 nitrogen and oxygen atoms in total. The number of carboxylic acid groups (broad SMARTS) is 1. The van der Waals surface area contributed by atoms with E-state index in [9.17, 15) is 4.79 Å². The Balaban J connectivity index is 1.94. The van der Waals surface area contributed by atoms with Crippen LogP contribution in [0.1, 0.15) is 23.0 Å². The molecule has 2 heterocycles. The summed E-state index contributed by atoms with van der Waals surface area (Å²) in [6, 6.07) is 10.4. The van der Waals surface area contributed by atoms with Crippen LogP contribution in [0.25, 0.3) is 11.1 Å². The number of rotatable bonds is 6. The standard InChI is InChI=1S/C18H17N3O3S/c1-3-14-16(17(25-2)21-24-14)11-7-8-19-15(10-11)20-13-6-4-5-12(9-13)18(22)23/h4-10H,3H2,1-2H3,(H,19,20)(H,22,23). The number of anilines is 2. The van der Waals surface area contributed by atoms with Crippen molar-refractivity contribution >= 4 is 29.2 Å². The summed E-state index contributed by atoms with van der Waals surface area (Å²) in [5.41, 5.74) is 2.81. The van der Waals surface area contributed by atoms with Gasteiger partial charge in [0, 0.05) is 18.3 Å². The van der Waals surface area contributed by atoms with Gasteiger partial charge >= 0.3 is 5.97 Å². The second-order valence-electron chi connectivity index (χ2n) is 5.28. The highest BCUT2D eigenvalue weighted by Gasteiger charge is 2.16. The summed E-state index contributed by atoms with van der Waals surface area (Å²) >= 11 is 1.53. The van der Waals surface area contributed by atoms with E-state index in [1.54, 1.807) is 30.5 Å². The maximum Gasteiger partial charge on any atom is 0.335 e. The molecule has 0 radical (unpaired) electrons. The number of carboxylic acids is 1. The third kappa shape index (κ3) is 3.66. The highest BCUT2D eigenvalue weighted by Crippen LogP contribution is 2.34. The normalized spacial score (nSPS) is 10.6. The lowest BCUT2D eigenvalue weighted by atomic mass is 10.1. The van der Waals surface area contributed by atoms with Crippen LogP contribution < -0.4 is 5.32 Å². The Kier molecular flexibility index (Phi) is 5.04. The van der Waals surface area contributed by atoms with Crippen molar-refractivity contribution in [2.75, 3.05) is 11.6 Å². The molecule has 0 unspecified atom stereocenters. The Bertz CT molecular complexity index is 887. The summed E-state index contributed by atoms with van der Waals surface area (Å²) in [7, 11) is 0. The number of carbonyl (C=O) groups is 1. The number of aromatic carboxylic acids is 1. The molecule has 0 saturated heterocycles. The molecule has 0 fully saturated rings. The van der Waals surface area contributed by atoms with Crippen molar-refractivity contribution in [3.05, 3.63) is 53.9 Å². The van der Waals surface area contributed by atoms with Gasteiger partial charge in [0.15, 0.2) is 0 Å². The van der Waals surface area contributed by atoms with E-state index in [1.807, 2.05) is 25.3 Å². The summed E-state index contributed by atoms with van der Waals surface area (Å²) in [5, 5.41) is 17.2. The molecule has 2 N–H and O–H groups in total. The van der Waals surface area contributed by atoms with E-state index in [-0.39, 0.29) is 5.56 Å². The second kappa shape index (κ2) is 7.40. The lowest BCUT2D eigenvalue weighted by molar-refractivity contribution is 0.0697. The molecular formula is C18H17N3O3S. The smallest absolute Gasteiger partial charge is 0.335 e. The van der Waals surface area contributed by atoms with Crippen LogP contribution in [-0.4, -0.2) is 27.5 Å². The van der Waals surface area contributed by atoms with Crippen molar-refractivity contribution in [3.8, 4) is 11.1 Å². The Morgan fingerprint density at radius 1 is 1.32 bits per heavy atom. The maximum atomic E-state index is 11.1. The number of thioether (sulfide) groups is 1. The van der Waals surface area contributed by atoms with Gasteiger partial charge in [-0.15, -0.1) is 11.8 Å². The van der Waals surface area contributed by atoms with Gasteiger partial charge in [0.2, 0.25) is 0 Å². The number of nitrogens with zero attached hydrogens (tertiary/aromatic N) is 2. The van der Waals surface area contributed by atoms with Crippen LogP contribution in [0.5, 0.6) is 0 Å². The predicted octanol–water partition coefficient (Wildman–Crippen LogP) is 4.46. The molecule has 0 aliphatic rings. The average molecular weight is 355 g/mol. The molecule has 0 saturated carbocycles. The second-order valence-corrected chi connectivity index (χ2v) is 6.08. The first-order chi connectivity index (χ1) is 12.1. The van der Waals surface area contributed by atoms with Gasteiger partial charge < -0.3 is 14.9 Å². The largest absolute Gasteiger partial charge is 0.478 e. The quantitative estimate of drug-likeness (QED) is 0.631. The summed E-state index contributed by atoms with van der Waals surface area (Å²) < 4.78 is 5.41. The van der Waals surface area contributed by atoms with Crippen molar-refractivity contribution < 1.29 is 14.4 Å². The Labute approximate surface area is 149 Å². The number of aryl methyl sites for hydroxylation is 1. The number of hydrogen-bond donors (Lipinski definition) is 2. The number of nitrogens with one attached hydrogen (secondary N) is 1. The molecule has 0 bridgehead atoms. The summed E-state index contributed by atoms with van der Waals surface area (Å²) in [6.45, 7) is 2.02. The molecule has 128 valence electrons. The minimum atomic E-state index is -0.966. The van der Waals surface area contributed by atoms with E-state index < -0.39 is 5.97 Å². The molecule has 1 aromatic carbocycles. The molecule has 0 atom stereocenters. The van der Waals surface area contributed by atoms with Gasteiger partial charge in [-0.25, -0.2) is 9.78 Å². The number of hydrogen-bond acceptors (Lipinski definition) is 6. The average Bonchev–Trinajstić information content (AvgIpc) is 3.05. The number of aromatic nitrogens is 2. The SMILES string of the molecule is CCc1onc(SC)c1-c1ccnc(Nc2cccc(C(=O)O)c2)c1. The molecule has 7 heteroatoms. The van der Waals surface area contributed by atoms with Crippen LogP contribution in [0.2, 0.25) is 0 Å². The zero-order valence-electron chi connectivity index (χ0n) is 13.8. The van der Waals surface area contributed by atoms with E-state index in [4.69, 9.17) is 9.63 Å². The fourth-order valence-electron chi connectivity index (χ4n) is 2.50. The van der Waals surface area contributed by atoms with Gasteiger partial charge in [-0.1, -0.05) is 18.1 Å². The first-order valence-electron chi connectivity index (χ1n) is 7.71. The predicted molar refractivity (Wildman–Crippen MR) is 97.6 cm³/mol. The Morgan fingerprint density at radius 3 is 2.88 bits per heavy atom. The Hall–Kier alpha value is -2.80. The maximum absolute atomic E-state index is 11.1. The topological polar surface area (TPSA) is 88.3 Å². The van der Waals surface area contributed by atoms with Gasteiger partial charge in [-0.2, -0.15) is 0 Å². The lowest BCUT2D eigenvalue weighted by Gasteiger charge is -2.08. The molecule has 3 rings (SSSR count). The van der Waals surface area contributed by atoms with Crippen molar-refractivity contribution in [1.82, 2.24) is 10.1 Å². The van der Waals surface area contributed by atoms with Gasteiger partial charge in [-0.3, -0.25) is 0 Å². The van der Waals surface area contributed by atoms with Crippen molar-refractivity contribution in [3.63, 3.8) is 0 Å². The van der Waals surface area contributed by atoms with E-state index in [0.29, 0.717) is 11.5 Å². The highest BCUT2D eigenvalue weighted by atomic mass is 32.2. The third-order valence-electron chi connectivity index (χ3n) is 3.68. The van der Waals surface area contributed by atoms with Gasteiger partial charge in [0.25, 0.3) is 0 Å². The summed E-state index contributed by atoms with van der Waals surface area (Å²) in [5.74, 6) is 0.483. The van der Waals surface area contributed by atoms with Crippen LogP contribution in [0.3, 0.4) is 0 Å². The molecule has 3 aromatic rings. The van der Waals surface area contributed by atoms with Gasteiger partial charge in [0.05, 0.1) is 11.1 Å². The van der Waals surface area contributed by atoms with Crippen LogP contribution in [-0.2, 0) is 6.42 Å². The molecule has 0 amide bonds. The molecule has 2 aromatic heterocycles. The van der Waals surface area contributed by atoms with E-state index >= 15 is 0 Å². The minimum absolute atomic E-state index is 0.220. The van der Waals surface area contributed by atoms with Gasteiger partial charge in [-0.05, 0) is 42.2 Å². The number of benzene rings is 1. The third-order valence-corrected chi connectivity index (χ3v) is 4.34. The van der Waals surface area contributed by atoms with Crippen molar-refractivity contribution in [2.24, 2.45) is 0 Å². The zero-order chi connectivity index (χ0) is 17.8. The molecule has 0 aliphatic heterocycles. The van der Waals surface area contributed by atoms with Crippen LogP contribution >= 0.6 is 11.8 Å². The monoisotopic (exact) mass is 355 g/mol. The lowest BCUT2D eigenvalue weighted by Crippen LogP contribution is -1.99. The molecular weight excluding hydrogens is 338 g/mol. The van der Waals surface area contributed by atoms with E-state index in [0.717, 1.165) is 28.3 Å². The minimum Gasteiger partial charge on any atom is -0.478 e. The highest BCUT2D eigenvalue weighted by molar-refractivity contribution is 7.98. The fourth-order valence-corrected chi connectivity index (χ4v) is 3.05. The van der Waals surface area contributed by atoms with Crippen LogP contribution in [0.15, 0.2) is 52.1 Å². The Morgan fingerprint density at radius 2 is 2.16 bits per heavy atom. The number of pyridine rings is 1.